The molecule has 0 saturated carbocycles. The minimum Gasteiger partial charge on any atom is -0.0716 e. The fourth-order valence-electron chi connectivity index (χ4n) is 2.94. The Kier molecular flexibility index (Phi) is 9.94. The molecule has 0 rings (SSSR count). The Morgan fingerprint density at radius 1 is 0.750 bits per heavy atom. The number of hydrogen-bond acceptors (Lipinski definition) is 0. The molecule has 0 fully saturated rings. The van der Waals surface area contributed by atoms with E-state index >= 15 is 0 Å². The highest BCUT2D eigenvalue weighted by Crippen LogP contribution is 2.38. The van der Waals surface area contributed by atoms with E-state index in [1.54, 1.807) is 0 Å². The molecule has 0 bridgehead atoms. The van der Waals surface area contributed by atoms with Gasteiger partial charge in [0.05, 0.1) is 7.85 Å². The smallest absolute Gasteiger partial charge is 0.0716 e. The summed E-state index contributed by atoms with van der Waals surface area (Å²) in [6, 6.07) is 0. The maximum absolute atomic E-state index is 6.05. The highest BCUT2D eigenvalue weighted by molar-refractivity contribution is 6.14. The van der Waals surface area contributed by atoms with Crippen LogP contribution in [0.15, 0.2) is 0 Å². The van der Waals surface area contributed by atoms with Gasteiger partial charge < -0.3 is 0 Å². The first-order chi connectivity index (χ1) is 9.21. The van der Waals surface area contributed by atoms with E-state index in [1.165, 1.54) is 57.8 Å². The second kappa shape index (κ2) is 9.90. The van der Waals surface area contributed by atoms with Crippen molar-refractivity contribution in [2.45, 2.75) is 111 Å². The van der Waals surface area contributed by atoms with E-state index in [9.17, 15) is 0 Å². The summed E-state index contributed by atoms with van der Waals surface area (Å²) in [7, 11) is 6.05. The third-order valence-corrected chi connectivity index (χ3v) is 5.06. The molecular formula is C19H39B. The molecule has 20 heavy (non-hydrogen) atoms. The normalized spacial score (nSPS) is 15.6. The molecule has 0 aromatic carbocycles. The Morgan fingerprint density at radius 2 is 1.20 bits per heavy atom. The molecule has 0 amide bonds. The average molecular weight is 278 g/mol. The topological polar surface area (TPSA) is 0 Å². The molecule has 1 atom stereocenters. The molecule has 0 heterocycles. The van der Waals surface area contributed by atoms with Gasteiger partial charge in [-0.25, -0.2) is 0 Å². The molecule has 2 radical (unpaired) electrons. The predicted octanol–water partition coefficient (Wildman–Crippen LogP) is 6.94. The summed E-state index contributed by atoms with van der Waals surface area (Å²) in [4.78, 5) is 0. The first-order valence-corrected chi connectivity index (χ1v) is 9.00. The molecule has 1 heteroatoms. The van der Waals surface area contributed by atoms with Crippen LogP contribution in [0.5, 0.6) is 0 Å². The van der Waals surface area contributed by atoms with Crippen LogP contribution in [0, 0.1) is 11.3 Å². The molecule has 0 aromatic rings. The van der Waals surface area contributed by atoms with E-state index in [2.05, 4.69) is 41.5 Å². The highest BCUT2D eigenvalue weighted by atomic mass is 14.3. The van der Waals surface area contributed by atoms with Gasteiger partial charge in [-0.1, -0.05) is 98.2 Å². The summed E-state index contributed by atoms with van der Waals surface area (Å²) < 4.78 is 0. The van der Waals surface area contributed by atoms with Crippen LogP contribution >= 0.6 is 0 Å². The van der Waals surface area contributed by atoms with Crippen molar-refractivity contribution in [3.8, 4) is 0 Å². The zero-order valence-corrected chi connectivity index (χ0v) is 15.2. The Hall–Kier alpha value is 0.0649. The van der Waals surface area contributed by atoms with Gasteiger partial charge in [-0.3, -0.25) is 0 Å². The second-order valence-corrected chi connectivity index (χ2v) is 8.17. The molecular weight excluding hydrogens is 239 g/mol. The van der Waals surface area contributed by atoms with E-state index in [-0.39, 0.29) is 5.31 Å². The summed E-state index contributed by atoms with van der Waals surface area (Å²) in [5.74, 6) is 0.801. The van der Waals surface area contributed by atoms with E-state index in [0.29, 0.717) is 5.41 Å². The minimum atomic E-state index is 0.0154. The first kappa shape index (κ1) is 20.1. The lowest BCUT2D eigenvalue weighted by Crippen LogP contribution is -2.23. The van der Waals surface area contributed by atoms with E-state index in [1.807, 2.05) is 0 Å². The number of hydrogen-bond donors (Lipinski definition) is 0. The molecule has 0 aliphatic carbocycles. The van der Waals surface area contributed by atoms with Crippen molar-refractivity contribution in [3.63, 3.8) is 0 Å². The van der Waals surface area contributed by atoms with Gasteiger partial charge in [-0.15, -0.1) is 0 Å². The largest absolute Gasteiger partial charge is 0.0738 e. The van der Waals surface area contributed by atoms with Gasteiger partial charge in [-0.2, -0.15) is 0 Å². The van der Waals surface area contributed by atoms with Gasteiger partial charge >= 0.3 is 0 Å². The van der Waals surface area contributed by atoms with Crippen molar-refractivity contribution in [3.05, 3.63) is 0 Å². The van der Waals surface area contributed by atoms with Crippen molar-refractivity contribution in [2.75, 3.05) is 0 Å². The summed E-state index contributed by atoms with van der Waals surface area (Å²) in [6.07, 6.45) is 13.5. The second-order valence-electron chi connectivity index (χ2n) is 8.17. The van der Waals surface area contributed by atoms with Crippen LogP contribution < -0.4 is 0 Å². The summed E-state index contributed by atoms with van der Waals surface area (Å²) in [5.41, 5.74) is 0.548. The van der Waals surface area contributed by atoms with Gasteiger partial charge in [0.15, 0.2) is 0 Å². The number of rotatable bonds is 12. The van der Waals surface area contributed by atoms with E-state index in [0.717, 1.165) is 12.3 Å². The molecule has 118 valence electrons. The van der Waals surface area contributed by atoms with Crippen molar-refractivity contribution in [1.82, 2.24) is 0 Å². The fraction of sp³-hybridized carbons (Fsp3) is 1.00. The van der Waals surface area contributed by atoms with Gasteiger partial charge in [-0.05, 0) is 24.2 Å². The van der Waals surface area contributed by atoms with E-state index < -0.39 is 0 Å². The Balaban J connectivity index is 3.94. The quantitative estimate of drug-likeness (QED) is 0.268. The molecule has 0 nitrogen and oxygen atoms in total. The standard InChI is InChI=1S/C19H39B/c1-7-8-9-12-15-19(6,17(2)3)16-13-10-11-14-18(4,5)20/h17H,7-16H2,1-6H3. The predicted molar refractivity (Wildman–Crippen MR) is 94.6 cm³/mol. The fourth-order valence-corrected chi connectivity index (χ4v) is 2.94. The Bertz CT molecular complexity index is 226. The van der Waals surface area contributed by atoms with Crippen molar-refractivity contribution in [2.24, 2.45) is 11.3 Å². The molecule has 1 unspecified atom stereocenters. The number of unbranched alkanes of at least 4 members (excludes halogenated alkanes) is 5. The zero-order valence-electron chi connectivity index (χ0n) is 15.2. The molecule has 0 aromatic heterocycles. The van der Waals surface area contributed by atoms with Crippen molar-refractivity contribution >= 4 is 7.85 Å². The average Bonchev–Trinajstić information content (AvgIpc) is 2.32. The van der Waals surface area contributed by atoms with Crippen molar-refractivity contribution < 1.29 is 0 Å². The van der Waals surface area contributed by atoms with Gasteiger partial charge in [0.2, 0.25) is 0 Å². The van der Waals surface area contributed by atoms with Crippen molar-refractivity contribution in [1.29, 1.82) is 0 Å². The molecule has 0 aliphatic rings. The summed E-state index contributed by atoms with van der Waals surface area (Å²) in [6.45, 7) is 13.9. The highest BCUT2D eigenvalue weighted by Gasteiger charge is 2.26. The van der Waals surface area contributed by atoms with Gasteiger partial charge in [0.25, 0.3) is 0 Å². The zero-order chi connectivity index (χ0) is 15.6. The van der Waals surface area contributed by atoms with Gasteiger partial charge in [0, 0.05) is 0 Å². The third kappa shape index (κ3) is 9.89. The van der Waals surface area contributed by atoms with Crippen LogP contribution in [0.25, 0.3) is 0 Å². The van der Waals surface area contributed by atoms with Crippen LogP contribution in [-0.4, -0.2) is 7.85 Å². The summed E-state index contributed by atoms with van der Waals surface area (Å²) in [5, 5.41) is 0.0154. The van der Waals surface area contributed by atoms with Crippen LogP contribution in [0.3, 0.4) is 0 Å². The Labute approximate surface area is 130 Å². The lowest BCUT2D eigenvalue weighted by atomic mass is 9.68. The van der Waals surface area contributed by atoms with Crippen LogP contribution in [-0.2, 0) is 0 Å². The first-order valence-electron chi connectivity index (χ1n) is 9.00. The van der Waals surface area contributed by atoms with Crippen LogP contribution in [0.2, 0.25) is 5.31 Å². The monoisotopic (exact) mass is 278 g/mol. The van der Waals surface area contributed by atoms with E-state index in [4.69, 9.17) is 7.85 Å². The summed E-state index contributed by atoms with van der Waals surface area (Å²) >= 11 is 0. The minimum absolute atomic E-state index is 0.0154. The van der Waals surface area contributed by atoms with Crippen LogP contribution in [0.1, 0.15) is 106 Å². The molecule has 0 N–H and O–H groups in total. The maximum Gasteiger partial charge on any atom is 0.0738 e. The molecule has 0 aliphatic heterocycles. The SMILES string of the molecule is [B]C(C)(C)CCCCCC(C)(CCCCCC)C(C)C. The van der Waals surface area contributed by atoms with Gasteiger partial charge in [0.1, 0.15) is 0 Å². The third-order valence-electron chi connectivity index (χ3n) is 5.06. The lowest BCUT2D eigenvalue weighted by Gasteiger charge is -2.34. The maximum atomic E-state index is 6.05. The Morgan fingerprint density at radius 3 is 1.60 bits per heavy atom. The molecule has 0 spiro atoms. The van der Waals surface area contributed by atoms with Crippen LogP contribution in [0.4, 0.5) is 0 Å². The molecule has 0 saturated heterocycles. The lowest BCUT2D eigenvalue weighted by molar-refractivity contribution is 0.168.